The second-order valence-corrected chi connectivity index (χ2v) is 5.99. The average molecular weight is 325 g/mol. The Labute approximate surface area is 117 Å². The Kier molecular flexibility index (Phi) is 4.56. The number of nitrogens with zero attached hydrogens (tertiary/aromatic N) is 1. The molecule has 21 heavy (non-hydrogen) atoms. The van der Waals surface area contributed by atoms with E-state index in [4.69, 9.17) is 0 Å². The average Bonchev–Trinajstić information content (AvgIpc) is 2.27. The molecular formula is C10H10F3N3O4S. The molecule has 0 aromatic carbocycles. The van der Waals surface area contributed by atoms with Crippen molar-refractivity contribution in [3.05, 3.63) is 12.3 Å². The number of carbonyl (C=O) groups is 2. The van der Waals surface area contributed by atoms with Gasteiger partial charge in [-0.15, -0.1) is 0 Å². The zero-order chi connectivity index (χ0) is 16.4. The van der Waals surface area contributed by atoms with Gasteiger partial charge >= 0.3 is 12.1 Å². The first-order valence-electron chi connectivity index (χ1n) is 5.27. The highest BCUT2D eigenvalue weighted by Crippen LogP contribution is 2.25. The first-order valence-corrected chi connectivity index (χ1v) is 7.16. The van der Waals surface area contributed by atoms with E-state index in [1.807, 2.05) is 0 Å². The fourth-order valence-corrected chi connectivity index (χ4v) is 1.78. The molecule has 0 aliphatic heterocycles. The van der Waals surface area contributed by atoms with Gasteiger partial charge in [0.25, 0.3) is 0 Å². The van der Waals surface area contributed by atoms with E-state index in [0.29, 0.717) is 0 Å². The van der Waals surface area contributed by atoms with Gasteiger partial charge in [0, 0.05) is 19.4 Å². The van der Waals surface area contributed by atoms with E-state index in [2.05, 4.69) is 10.3 Å². The van der Waals surface area contributed by atoms with Crippen molar-refractivity contribution >= 4 is 33.2 Å². The lowest BCUT2D eigenvalue weighted by molar-refractivity contribution is -0.167. The number of amides is 2. The predicted molar refractivity (Wildman–Crippen MR) is 66.3 cm³/mol. The van der Waals surface area contributed by atoms with E-state index in [-0.39, 0.29) is 0 Å². The van der Waals surface area contributed by atoms with Crippen molar-refractivity contribution in [1.82, 2.24) is 4.98 Å². The predicted octanol–water partition coefficient (Wildman–Crippen LogP) is 0.944. The summed E-state index contributed by atoms with van der Waals surface area (Å²) in [4.78, 5) is 25.0. The molecule has 7 nitrogen and oxygen atoms in total. The molecule has 1 rings (SSSR count). The van der Waals surface area contributed by atoms with Crippen LogP contribution < -0.4 is 10.6 Å². The van der Waals surface area contributed by atoms with Crippen LogP contribution in [0.5, 0.6) is 0 Å². The molecule has 1 aromatic rings. The van der Waals surface area contributed by atoms with E-state index in [9.17, 15) is 31.2 Å². The summed E-state index contributed by atoms with van der Waals surface area (Å²) in [6.45, 7) is 1.07. The molecular weight excluding hydrogens is 315 g/mol. The van der Waals surface area contributed by atoms with E-state index in [1.165, 1.54) is 5.32 Å². The van der Waals surface area contributed by atoms with Crippen molar-refractivity contribution in [3.63, 3.8) is 0 Å². The smallest absolute Gasteiger partial charge is 0.315 e. The molecule has 2 amide bonds. The number of hydrogen-bond acceptors (Lipinski definition) is 5. The summed E-state index contributed by atoms with van der Waals surface area (Å²) in [6.07, 6.45) is -3.50. The molecule has 0 aliphatic carbocycles. The molecule has 0 saturated heterocycles. The Balaban J connectivity index is 3.29. The highest BCUT2D eigenvalue weighted by atomic mass is 32.2. The van der Waals surface area contributed by atoms with Crippen molar-refractivity contribution in [3.8, 4) is 0 Å². The van der Waals surface area contributed by atoms with Crippen molar-refractivity contribution in [2.75, 3.05) is 16.9 Å². The van der Waals surface area contributed by atoms with Gasteiger partial charge in [-0.05, 0) is 6.07 Å². The lowest BCUT2D eigenvalue weighted by Gasteiger charge is -2.13. The number of halogens is 3. The van der Waals surface area contributed by atoms with Crippen molar-refractivity contribution in [2.24, 2.45) is 0 Å². The Morgan fingerprint density at radius 1 is 1.24 bits per heavy atom. The monoisotopic (exact) mass is 325 g/mol. The van der Waals surface area contributed by atoms with Crippen molar-refractivity contribution < 1.29 is 31.2 Å². The number of carbonyl (C=O) groups excluding carboxylic acids is 2. The first kappa shape index (κ1) is 16.9. The van der Waals surface area contributed by atoms with E-state index >= 15 is 0 Å². The van der Waals surface area contributed by atoms with Gasteiger partial charge < -0.3 is 10.6 Å². The highest BCUT2D eigenvalue weighted by Gasteiger charge is 2.39. The summed E-state index contributed by atoms with van der Waals surface area (Å²) in [7, 11) is -3.75. The van der Waals surface area contributed by atoms with Gasteiger partial charge in [0.2, 0.25) is 5.91 Å². The third kappa shape index (κ3) is 4.70. The van der Waals surface area contributed by atoms with Crippen LogP contribution in [0.2, 0.25) is 0 Å². The third-order valence-corrected chi connectivity index (χ3v) is 3.17. The molecule has 1 heterocycles. The number of alkyl halides is 3. The van der Waals surface area contributed by atoms with E-state index in [0.717, 1.165) is 25.4 Å². The minimum absolute atomic E-state index is 0.396. The Bertz CT molecular complexity index is 685. The maximum atomic E-state index is 12.2. The number of rotatable bonds is 3. The summed E-state index contributed by atoms with van der Waals surface area (Å²) >= 11 is 0. The molecule has 0 unspecified atom stereocenters. The van der Waals surface area contributed by atoms with E-state index < -0.39 is 44.2 Å². The largest absolute Gasteiger partial charge is 0.471 e. The molecule has 0 fully saturated rings. The molecule has 2 N–H and O–H groups in total. The van der Waals surface area contributed by atoms with Gasteiger partial charge in [0.1, 0.15) is 0 Å². The van der Waals surface area contributed by atoms with Gasteiger partial charge in [-0.2, -0.15) is 13.2 Å². The van der Waals surface area contributed by atoms with Crippen LogP contribution in [0.15, 0.2) is 17.2 Å². The summed E-state index contributed by atoms with van der Waals surface area (Å²) in [5.41, 5.74) is -0.574. The normalized spacial score (nSPS) is 11.9. The van der Waals surface area contributed by atoms with Crippen molar-refractivity contribution in [2.45, 2.75) is 18.0 Å². The van der Waals surface area contributed by atoms with Crippen LogP contribution in [0.1, 0.15) is 6.92 Å². The summed E-state index contributed by atoms with van der Waals surface area (Å²) < 4.78 is 59.4. The Morgan fingerprint density at radius 2 is 1.81 bits per heavy atom. The van der Waals surface area contributed by atoms with Crippen LogP contribution in [-0.4, -0.2) is 37.6 Å². The van der Waals surface area contributed by atoms with Gasteiger partial charge in [-0.3, -0.25) is 9.59 Å². The van der Waals surface area contributed by atoms with Crippen LogP contribution in [0.4, 0.5) is 24.7 Å². The van der Waals surface area contributed by atoms with Crippen molar-refractivity contribution in [1.29, 1.82) is 0 Å². The van der Waals surface area contributed by atoms with Crippen LogP contribution in [0.25, 0.3) is 0 Å². The van der Waals surface area contributed by atoms with Crippen LogP contribution in [0, 0.1) is 0 Å². The Hall–Kier alpha value is -2.17. The second kappa shape index (κ2) is 5.68. The fraction of sp³-hybridized carbons (Fsp3) is 0.300. The maximum absolute atomic E-state index is 12.2. The quantitative estimate of drug-likeness (QED) is 0.860. The van der Waals surface area contributed by atoms with Gasteiger partial charge in [-0.1, -0.05) is 0 Å². The zero-order valence-corrected chi connectivity index (χ0v) is 11.6. The highest BCUT2D eigenvalue weighted by molar-refractivity contribution is 7.90. The van der Waals surface area contributed by atoms with Crippen LogP contribution in [-0.2, 0) is 19.4 Å². The number of pyridine rings is 1. The lowest BCUT2D eigenvalue weighted by Crippen LogP contribution is -2.30. The molecule has 0 aliphatic rings. The van der Waals surface area contributed by atoms with Crippen LogP contribution >= 0.6 is 0 Å². The molecule has 0 bridgehead atoms. The van der Waals surface area contributed by atoms with Gasteiger partial charge in [-0.25, -0.2) is 13.4 Å². The maximum Gasteiger partial charge on any atom is 0.471 e. The third-order valence-electron chi connectivity index (χ3n) is 2.09. The zero-order valence-electron chi connectivity index (χ0n) is 10.8. The SMILES string of the molecule is CC(=O)Nc1ncc(S(C)(=O)=O)cc1NC(=O)C(F)(F)F. The van der Waals surface area contributed by atoms with Gasteiger partial charge in [0.15, 0.2) is 15.7 Å². The number of hydrogen-bond donors (Lipinski definition) is 2. The summed E-state index contributed by atoms with van der Waals surface area (Å²) in [5.74, 6) is -3.37. The molecule has 0 saturated carbocycles. The van der Waals surface area contributed by atoms with Gasteiger partial charge in [0.05, 0.1) is 10.6 Å². The molecule has 11 heteroatoms. The molecule has 0 atom stereocenters. The molecule has 0 radical (unpaired) electrons. The summed E-state index contributed by atoms with van der Waals surface area (Å²) in [5, 5.41) is 3.54. The number of aromatic nitrogens is 1. The number of sulfone groups is 1. The second-order valence-electron chi connectivity index (χ2n) is 3.97. The standard InChI is InChI=1S/C10H10F3N3O4S/c1-5(17)15-8-7(16-9(18)10(11,12)13)3-6(4-14-8)21(2,19)20/h3-4H,1-2H3,(H,16,18)(H,14,15,17). The Morgan fingerprint density at radius 3 is 2.24 bits per heavy atom. The van der Waals surface area contributed by atoms with Crippen LogP contribution in [0.3, 0.4) is 0 Å². The summed E-state index contributed by atoms with van der Waals surface area (Å²) in [6, 6.07) is 0.775. The minimum Gasteiger partial charge on any atom is -0.315 e. The molecule has 116 valence electrons. The molecule has 1 aromatic heterocycles. The van der Waals surface area contributed by atoms with E-state index in [1.54, 1.807) is 0 Å². The number of anilines is 2. The minimum atomic E-state index is -5.17. The lowest BCUT2D eigenvalue weighted by atomic mass is 10.3. The number of nitrogens with one attached hydrogen (secondary N) is 2. The topological polar surface area (TPSA) is 105 Å². The first-order chi connectivity index (χ1) is 9.41. The molecule has 0 spiro atoms. The fourth-order valence-electron chi connectivity index (χ4n) is 1.20.